The van der Waals surface area contributed by atoms with E-state index in [0.717, 1.165) is 0 Å². The predicted octanol–water partition coefficient (Wildman–Crippen LogP) is 0.587. The second kappa shape index (κ2) is 3.51. The number of hydrogen-bond donors (Lipinski definition) is 1. The maximum absolute atomic E-state index is 10.7. The van der Waals surface area contributed by atoms with Crippen LogP contribution in [0.1, 0.15) is 5.69 Å². The summed E-state index contributed by atoms with van der Waals surface area (Å²) in [7, 11) is 0. The summed E-state index contributed by atoms with van der Waals surface area (Å²) in [6.45, 7) is 0. The molecule has 0 atom stereocenters. The van der Waals surface area contributed by atoms with Gasteiger partial charge in [-0.1, -0.05) is 0 Å². The first-order chi connectivity index (χ1) is 5.33. The summed E-state index contributed by atoms with van der Waals surface area (Å²) < 4.78 is 0. The Labute approximate surface area is 63.4 Å². The largest absolute Gasteiger partial charge is 0.361 e. The van der Waals surface area contributed by atoms with E-state index in [1.54, 1.807) is 0 Å². The van der Waals surface area contributed by atoms with Gasteiger partial charge < -0.3 is 4.98 Å². The molecule has 0 aromatic carbocycles. The number of pyridine rings is 1. The highest BCUT2D eigenvalue weighted by molar-refractivity contribution is 5.72. The normalized spacial score (nSPS) is 10.2. The number of allylic oxidation sites excluding steroid dienone is 1. The lowest BCUT2D eigenvalue weighted by Gasteiger charge is -1.88. The van der Waals surface area contributed by atoms with Crippen molar-refractivity contribution in [2.24, 2.45) is 0 Å². The fourth-order valence-electron chi connectivity index (χ4n) is 0.702. The third kappa shape index (κ3) is 2.21. The van der Waals surface area contributed by atoms with Gasteiger partial charge in [0.15, 0.2) is 5.43 Å². The molecule has 0 amide bonds. The van der Waals surface area contributed by atoms with Crippen molar-refractivity contribution in [3.8, 4) is 0 Å². The van der Waals surface area contributed by atoms with E-state index in [0.29, 0.717) is 12.0 Å². The van der Waals surface area contributed by atoms with Crippen LogP contribution in [-0.2, 0) is 4.79 Å². The van der Waals surface area contributed by atoms with Crippen LogP contribution in [0.3, 0.4) is 0 Å². The standard InChI is InChI=1S/C8H7NO2/c10-5-1-2-7-6-8(11)3-4-9-7/h1-6H,(H,9,11). The quantitative estimate of drug-likeness (QED) is 0.494. The Hall–Kier alpha value is -1.64. The predicted molar refractivity (Wildman–Crippen MR) is 42.2 cm³/mol. The molecule has 0 spiro atoms. The number of nitrogens with one attached hydrogen (secondary N) is 1. The molecule has 0 aliphatic rings. The van der Waals surface area contributed by atoms with Gasteiger partial charge in [-0.05, 0) is 12.2 Å². The second-order valence-electron chi connectivity index (χ2n) is 1.97. The van der Waals surface area contributed by atoms with E-state index in [-0.39, 0.29) is 5.43 Å². The second-order valence-corrected chi connectivity index (χ2v) is 1.97. The van der Waals surface area contributed by atoms with Gasteiger partial charge in [-0.3, -0.25) is 9.59 Å². The molecule has 0 aliphatic carbocycles. The van der Waals surface area contributed by atoms with Crippen LogP contribution in [0.2, 0.25) is 0 Å². The van der Waals surface area contributed by atoms with E-state index in [1.165, 1.54) is 30.5 Å². The minimum atomic E-state index is -0.0747. The zero-order valence-corrected chi connectivity index (χ0v) is 5.78. The highest BCUT2D eigenvalue weighted by Gasteiger charge is 1.84. The minimum Gasteiger partial charge on any atom is -0.361 e. The van der Waals surface area contributed by atoms with Crippen LogP contribution in [0.4, 0.5) is 0 Å². The molecule has 56 valence electrons. The Morgan fingerprint density at radius 1 is 1.45 bits per heavy atom. The molecule has 3 heteroatoms. The van der Waals surface area contributed by atoms with Crippen molar-refractivity contribution in [3.63, 3.8) is 0 Å². The van der Waals surface area contributed by atoms with Crippen LogP contribution in [0, 0.1) is 0 Å². The van der Waals surface area contributed by atoms with Crippen LogP contribution in [0.25, 0.3) is 6.08 Å². The number of H-pyrrole nitrogens is 1. The number of carbonyl (C=O) groups is 1. The SMILES string of the molecule is O=CC=Cc1cc(=O)cc[nH]1. The van der Waals surface area contributed by atoms with Gasteiger partial charge in [0.2, 0.25) is 0 Å². The van der Waals surface area contributed by atoms with Gasteiger partial charge in [0.25, 0.3) is 0 Å². The van der Waals surface area contributed by atoms with Crippen molar-refractivity contribution in [2.75, 3.05) is 0 Å². The van der Waals surface area contributed by atoms with Crippen molar-refractivity contribution in [1.29, 1.82) is 0 Å². The number of aromatic nitrogens is 1. The van der Waals surface area contributed by atoms with Crippen LogP contribution in [0.5, 0.6) is 0 Å². The Morgan fingerprint density at radius 3 is 2.91 bits per heavy atom. The van der Waals surface area contributed by atoms with Gasteiger partial charge in [-0.2, -0.15) is 0 Å². The van der Waals surface area contributed by atoms with E-state index in [9.17, 15) is 9.59 Å². The summed E-state index contributed by atoms with van der Waals surface area (Å²) in [5.74, 6) is 0. The van der Waals surface area contributed by atoms with Crippen molar-refractivity contribution in [3.05, 3.63) is 40.3 Å². The van der Waals surface area contributed by atoms with E-state index in [2.05, 4.69) is 4.98 Å². The molecule has 0 aliphatic heterocycles. The highest BCUT2D eigenvalue weighted by Crippen LogP contribution is 1.90. The molecule has 1 aromatic rings. The first-order valence-corrected chi connectivity index (χ1v) is 3.13. The van der Waals surface area contributed by atoms with E-state index >= 15 is 0 Å². The summed E-state index contributed by atoms with van der Waals surface area (Å²) in [4.78, 5) is 23.4. The van der Waals surface area contributed by atoms with Crippen LogP contribution in [0.15, 0.2) is 29.2 Å². The van der Waals surface area contributed by atoms with Gasteiger partial charge in [0.05, 0.1) is 0 Å². The number of aldehydes is 1. The zero-order valence-electron chi connectivity index (χ0n) is 5.78. The van der Waals surface area contributed by atoms with Gasteiger partial charge in [-0.25, -0.2) is 0 Å². The molecule has 0 unspecified atom stereocenters. The first kappa shape index (κ1) is 7.47. The zero-order chi connectivity index (χ0) is 8.10. The molecule has 0 fully saturated rings. The fourth-order valence-corrected chi connectivity index (χ4v) is 0.702. The molecule has 0 saturated heterocycles. The number of carbonyl (C=O) groups excluding carboxylic acids is 1. The van der Waals surface area contributed by atoms with Crippen molar-refractivity contribution < 1.29 is 4.79 Å². The van der Waals surface area contributed by atoms with E-state index in [1.807, 2.05) is 0 Å². The molecule has 0 saturated carbocycles. The van der Waals surface area contributed by atoms with E-state index in [4.69, 9.17) is 0 Å². The Bertz CT molecular complexity index is 325. The Balaban J connectivity index is 2.96. The van der Waals surface area contributed by atoms with Gasteiger partial charge >= 0.3 is 0 Å². The summed E-state index contributed by atoms with van der Waals surface area (Å²) >= 11 is 0. The number of aromatic amines is 1. The molecule has 1 N–H and O–H groups in total. The molecule has 11 heavy (non-hydrogen) atoms. The summed E-state index contributed by atoms with van der Waals surface area (Å²) in [6.07, 6.45) is 5.05. The lowest BCUT2D eigenvalue weighted by Crippen LogP contribution is -1.97. The molecule has 0 bridgehead atoms. The summed E-state index contributed by atoms with van der Waals surface area (Å²) in [5.41, 5.74) is 0.555. The highest BCUT2D eigenvalue weighted by atomic mass is 16.1. The Morgan fingerprint density at radius 2 is 2.27 bits per heavy atom. The van der Waals surface area contributed by atoms with Crippen LogP contribution >= 0.6 is 0 Å². The topological polar surface area (TPSA) is 49.9 Å². The summed E-state index contributed by atoms with van der Waals surface area (Å²) in [6, 6.07) is 2.83. The smallest absolute Gasteiger partial charge is 0.182 e. The van der Waals surface area contributed by atoms with Crippen molar-refractivity contribution in [2.45, 2.75) is 0 Å². The minimum absolute atomic E-state index is 0.0747. The maximum Gasteiger partial charge on any atom is 0.182 e. The van der Waals surface area contributed by atoms with E-state index < -0.39 is 0 Å². The molecule has 3 nitrogen and oxygen atoms in total. The van der Waals surface area contributed by atoms with Crippen molar-refractivity contribution >= 4 is 12.4 Å². The number of hydrogen-bond acceptors (Lipinski definition) is 2. The lowest BCUT2D eigenvalue weighted by atomic mass is 10.3. The molecule has 1 aromatic heterocycles. The number of rotatable bonds is 2. The van der Waals surface area contributed by atoms with Crippen molar-refractivity contribution in [1.82, 2.24) is 4.98 Å². The monoisotopic (exact) mass is 149 g/mol. The van der Waals surface area contributed by atoms with Gasteiger partial charge in [-0.15, -0.1) is 0 Å². The average Bonchev–Trinajstić information content (AvgIpc) is 2.01. The van der Waals surface area contributed by atoms with Crippen LogP contribution < -0.4 is 5.43 Å². The molecular formula is C8H7NO2. The lowest BCUT2D eigenvalue weighted by molar-refractivity contribution is -0.104. The average molecular weight is 149 g/mol. The Kier molecular flexibility index (Phi) is 2.38. The summed E-state index contributed by atoms with van der Waals surface area (Å²) in [5, 5.41) is 0. The molecule has 1 rings (SSSR count). The maximum atomic E-state index is 10.7. The first-order valence-electron chi connectivity index (χ1n) is 3.13. The van der Waals surface area contributed by atoms with Gasteiger partial charge in [0.1, 0.15) is 6.29 Å². The van der Waals surface area contributed by atoms with Crippen LogP contribution in [-0.4, -0.2) is 11.3 Å². The third-order valence-electron chi connectivity index (χ3n) is 1.15. The molecule has 1 heterocycles. The third-order valence-corrected chi connectivity index (χ3v) is 1.15. The molecular weight excluding hydrogens is 142 g/mol. The fraction of sp³-hybridized carbons (Fsp3) is 0. The molecule has 0 radical (unpaired) electrons. The van der Waals surface area contributed by atoms with Gasteiger partial charge in [0, 0.05) is 24.0 Å².